The Morgan fingerprint density at radius 1 is 0.966 bits per heavy atom. The molecule has 0 N–H and O–H groups in total. The van der Waals surface area contributed by atoms with Gasteiger partial charge in [0, 0.05) is 30.9 Å². The van der Waals surface area contributed by atoms with Gasteiger partial charge in [-0.05, 0) is 47.9 Å². The van der Waals surface area contributed by atoms with E-state index in [0.717, 1.165) is 31.7 Å². The van der Waals surface area contributed by atoms with E-state index in [1.165, 1.54) is 22.5 Å². The summed E-state index contributed by atoms with van der Waals surface area (Å²) in [5, 5.41) is 8.71. The van der Waals surface area contributed by atoms with Crippen LogP contribution in [0.15, 0.2) is 89.1 Å². The quantitative estimate of drug-likeness (QED) is 0.438. The Hall–Kier alpha value is -2.98. The van der Waals surface area contributed by atoms with E-state index >= 15 is 0 Å². The zero-order valence-corrected chi connectivity index (χ0v) is 16.9. The highest BCUT2D eigenvalue weighted by molar-refractivity contribution is 5.68. The minimum Gasteiger partial charge on any atom is -0.376 e. The average molecular weight is 386 g/mol. The van der Waals surface area contributed by atoms with E-state index in [9.17, 15) is 0 Å². The Labute approximate surface area is 172 Å². The zero-order chi connectivity index (χ0) is 19.9. The van der Waals surface area contributed by atoms with Crippen LogP contribution in [0.3, 0.4) is 0 Å². The third kappa shape index (κ3) is 4.90. The molecule has 148 valence electrons. The molecule has 0 aliphatic carbocycles. The number of rotatable bonds is 7. The Kier molecular flexibility index (Phi) is 6.32. The van der Waals surface area contributed by atoms with Gasteiger partial charge in [-0.2, -0.15) is 10.2 Å². The highest BCUT2D eigenvalue weighted by Crippen LogP contribution is 2.35. The first-order chi connectivity index (χ1) is 14.3. The summed E-state index contributed by atoms with van der Waals surface area (Å²) in [5.74, 6) is 0. The normalized spacial score (nSPS) is 16.2. The lowest BCUT2D eigenvalue weighted by molar-refractivity contribution is 0.0574. The lowest BCUT2D eigenvalue weighted by Crippen LogP contribution is -2.37. The van der Waals surface area contributed by atoms with Crippen LogP contribution in [0.25, 0.3) is 0 Å². The highest BCUT2D eigenvalue weighted by Gasteiger charge is 2.26. The molecule has 0 saturated carbocycles. The molecular weight excluding hydrogens is 358 g/mol. The summed E-state index contributed by atoms with van der Waals surface area (Å²) in [6.07, 6.45) is 2.17. The SMILES string of the molecule is CCCOC1Cc2cc(CN=Nc3ccccc3)ccc2N(c2ccccc2)C1. The molecule has 29 heavy (non-hydrogen) atoms. The molecule has 1 atom stereocenters. The summed E-state index contributed by atoms with van der Waals surface area (Å²) in [5.41, 5.74) is 5.83. The van der Waals surface area contributed by atoms with Crippen LogP contribution in [0, 0.1) is 0 Å². The lowest BCUT2D eigenvalue weighted by Gasteiger charge is -2.36. The van der Waals surface area contributed by atoms with Gasteiger partial charge in [-0.15, -0.1) is 0 Å². The molecule has 1 aliphatic heterocycles. The number of hydrogen-bond donors (Lipinski definition) is 0. The van der Waals surface area contributed by atoms with E-state index in [1.807, 2.05) is 30.3 Å². The molecule has 0 fully saturated rings. The zero-order valence-electron chi connectivity index (χ0n) is 16.9. The van der Waals surface area contributed by atoms with Gasteiger partial charge in [0.05, 0.1) is 18.3 Å². The molecule has 3 aromatic carbocycles. The van der Waals surface area contributed by atoms with Crippen molar-refractivity contribution < 1.29 is 4.74 Å². The fourth-order valence-electron chi connectivity index (χ4n) is 3.72. The molecule has 1 heterocycles. The van der Waals surface area contributed by atoms with Crippen LogP contribution in [-0.4, -0.2) is 19.3 Å². The third-order valence-corrected chi connectivity index (χ3v) is 5.09. The van der Waals surface area contributed by atoms with Gasteiger partial charge in [0.2, 0.25) is 0 Å². The van der Waals surface area contributed by atoms with Crippen LogP contribution in [0.1, 0.15) is 24.5 Å². The van der Waals surface area contributed by atoms with Gasteiger partial charge in [-0.1, -0.05) is 55.5 Å². The van der Waals surface area contributed by atoms with Gasteiger partial charge in [0.15, 0.2) is 0 Å². The third-order valence-electron chi connectivity index (χ3n) is 5.09. The maximum atomic E-state index is 6.14. The predicted octanol–water partition coefficient (Wildman–Crippen LogP) is 6.46. The molecule has 0 saturated heterocycles. The molecule has 4 rings (SSSR count). The fourth-order valence-corrected chi connectivity index (χ4v) is 3.72. The number of ether oxygens (including phenoxy) is 1. The van der Waals surface area contributed by atoms with Gasteiger partial charge in [-0.3, -0.25) is 0 Å². The van der Waals surface area contributed by atoms with Crippen molar-refractivity contribution in [1.82, 2.24) is 0 Å². The van der Waals surface area contributed by atoms with E-state index in [1.54, 1.807) is 0 Å². The first-order valence-corrected chi connectivity index (χ1v) is 10.3. The van der Waals surface area contributed by atoms with E-state index in [0.29, 0.717) is 6.54 Å². The van der Waals surface area contributed by atoms with Crippen molar-refractivity contribution in [2.75, 3.05) is 18.1 Å². The van der Waals surface area contributed by atoms with Crippen LogP contribution >= 0.6 is 0 Å². The molecule has 4 heteroatoms. The van der Waals surface area contributed by atoms with Gasteiger partial charge >= 0.3 is 0 Å². The molecule has 4 nitrogen and oxygen atoms in total. The first kappa shape index (κ1) is 19.3. The Balaban J connectivity index is 1.56. The van der Waals surface area contributed by atoms with Crippen LogP contribution in [0.5, 0.6) is 0 Å². The van der Waals surface area contributed by atoms with Crippen LogP contribution < -0.4 is 4.90 Å². The summed E-state index contributed by atoms with van der Waals surface area (Å²) in [6, 6.07) is 27.0. The van der Waals surface area contributed by atoms with Gasteiger partial charge in [0.1, 0.15) is 0 Å². The lowest BCUT2D eigenvalue weighted by atomic mass is 9.96. The van der Waals surface area contributed by atoms with E-state index < -0.39 is 0 Å². The highest BCUT2D eigenvalue weighted by atomic mass is 16.5. The van der Waals surface area contributed by atoms with Crippen molar-refractivity contribution in [3.63, 3.8) is 0 Å². The predicted molar refractivity (Wildman–Crippen MR) is 118 cm³/mol. The largest absolute Gasteiger partial charge is 0.376 e. The number of benzene rings is 3. The summed E-state index contributed by atoms with van der Waals surface area (Å²) >= 11 is 0. The van der Waals surface area contributed by atoms with Crippen molar-refractivity contribution in [3.05, 3.63) is 90.0 Å². The van der Waals surface area contributed by atoms with Crippen LogP contribution in [0.2, 0.25) is 0 Å². The van der Waals surface area contributed by atoms with Crippen molar-refractivity contribution in [2.45, 2.75) is 32.4 Å². The number of azo groups is 1. The second-order valence-corrected chi connectivity index (χ2v) is 7.34. The maximum Gasteiger partial charge on any atom is 0.0853 e. The van der Waals surface area contributed by atoms with Crippen LogP contribution in [0.4, 0.5) is 17.1 Å². The number of para-hydroxylation sites is 1. The number of anilines is 2. The van der Waals surface area contributed by atoms with Gasteiger partial charge < -0.3 is 9.64 Å². The number of hydrogen-bond acceptors (Lipinski definition) is 4. The molecule has 1 aliphatic rings. The minimum absolute atomic E-state index is 0.198. The summed E-state index contributed by atoms with van der Waals surface area (Å²) in [6.45, 7) is 4.41. The maximum absolute atomic E-state index is 6.14. The van der Waals surface area contributed by atoms with E-state index in [-0.39, 0.29) is 6.10 Å². The topological polar surface area (TPSA) is 37.2 Å². The second-order valence-electron chi connectivity index (χ2n) is 7.34. The first-order valence-electron chi connectivity index (χ1n) is 10.3. The Bertz CT molecular complexity index is 941. The van der Waals surface area contributed by atoms with E-state index in [2.05, 4.69) is 70.6 Å². The molecule has 0 bridgehead atoms. The molecule has 0 radical (unpaired) electrons. The average Bonchev–Trinajstić information content (AvgIpc) is 2.78. The Morgan fingerprint density at radius 3 is 2.48 bits per heavy atom. The smallest absolute Gasteiger partial charge is 0.0853 e. The van der Waals surface area contributed by atoms with Gasteiger partial charge in [-0.25, -0.2) is 0 Å². The molecule has 0 amide bonds. The minimum atomic E-state index is 0.198. The van der Waals surface area contributed by atoms with Crippen molar-refractivity contribution in [1.29, 1.82) is 0 Å². The fraction of sp³-hybridized carbons (Fsp3) is 0.280. The van der Waals surface area contributed by atoms with Crippen molar-refractivity contribution >= 4 is 17.1 Å². The van der Waals surface area contributed by atoms with Crippen LogP contribution in [-0.2, 0) is 17.7 Å². The molecule has 0 spiro atoms. The van der Waals surface area contributed by atoms with Crippen molar-refractivity contribution in [3.8, 4) is 0 Å². The molecule has 1 unspecified atom stereocenters. The monoisotopic (exact) mass is 385 g/mol. The van der Waals surface area contributed by atoms with E-state index in [4.69, 9.17) is 4.74 Å². The second kappa shape index (κ2) is 9.48. The Morgan fingerprint density at radius 2 is 1.72 bits per heavy atom. The molecular formula is C25H27N3O. The number of nitrogens with zero attached hydrogens (tertiary/aromatic N) is 3. The standard InChI is InChI=1S/C25H27N3O/c1-2-15-29-24-17-21-16-20(18-26-27-22-9-5-3-6-10-22)13-14-25(21)28(19-24)23-11-7-4-8-12-23/h3-14,16,24H,2,15,17-19H2,1H3. The molecule has 3 aromatic rings. The van der Waals surface area contributed by atoms with Gasteiger partial charge in [0.25, 0.3) is 0 Å². The van der Waals surface area contributed by atoms with Crippen molar-refractivity contribution in [2.24, 2.45) is 10.2 Å². The summed E-state index contributed by atoms with van der Waals surface area (Å²) < 4.78 is 6.14. The molecule has 0 aromatic heterocycles. The summed E-state index contributed by atoms with van der Waals surface area (Å²) in [4.78, 5) is 2.37. The summed E-state index contributed by atoms with van der Waals surface area (Å²) in [7, 11) is 0. The number of fused-ring (bicyclic) bond motifs is 1.